The van der Waals surface area contributed by atoms with Gasteiger partial charge < -0.3 is 10.1 Å². The van der Waals surface area contributed by atoms with Gasteiger partial charge in [-0.2, -0.15) is 0 Å². The third kappa shape index (κ3) is 4.03. The van der Waals surface area contributed by atoms with E-state index in [9.17, 15) is 4.79 Å². The summed E-state index contributed by atoms with van der Waals surface area (Å²) in [5.41, 5.74) is 0.888. The standard InChI is InChI=1S/C14H19NO2S/c1-18-13-4-2-3-12(10-13)15-14(16)9-11-5-7-17-8-6-11/h2-4,10-11H,5-9H2,1H3,(H,15,16). The number of rotatable bonds is 4. The monoisotopic (exact) mass is 265 g/mol. The molecule has 0 unspecified atom stereocenters. The van der Waals surface area contributed by atoms with Crippen LogP contribution in [0.25, 0.3) is 0 Å². The summed E-state index contributed by atoms with van der Waals surface area (Å²) in [6, 6.07) is 7.95. The molecule has 0 atom stereocenters. The van der Waals surface area contributed by atoms with Gasteiger partial charge in [0.25, 0.3) is 0 Å². The fraction of sp³-hybridized carbons (Fsp3) is 0.500. The van der Waals surface area contributed by atoms with E-state index in [0.717, 1.165) is 31.7 Å². The van der Waals surface area contributed by atoms with Crippen molar-refractivity contribution >= 4 is 23.4 Å². The highest BCUT2D eigenvalue weighted by Crippen LogP contribution is 2.21. The van der Waals surface area contributed by atoms with Crippen LogP contribution >= 0.6 is 11.8 Å². The first-order valence-electron chi connectivity index (χ1n) is 6.29. The number of benzene rings is 1. The number of anilines is 1. The maximum absolute atomic E-state index is 11.9. The van der Waals surface area contributed by atoms with Gasteiger partial charge in [-0.25, -0.2) is 0 Å². The number of hydrogen-bond acceptors (Lipinski definition) is 3. The molecule has 0 radical (unpaired) electrons. The highest BCUT2D eigenvalue weighted by Gasteiger charge is 2.17. The van der Waals surface area contributed by atoms with Crippen molar-refractivity contribution < 1.29 is 9.53 Å². The summed E-state index contributed by atoms with van der Waals surface area (Å²) >= 11 is 1.68. The topological polar surface area (TPSA) is 38.3 Å². The van der Waals surface area contributed by atoms with Crippen molar-refractivity contribution in [1.82, 2.24) is 0 Å². The lowest BCUT2D eigenvalue weighted by Crippen LogP contribution is -2.22. The molecule has 0 saturated carbocycles. The predicted molar refractivity (Wildman–Crippen MR) is 75.0 cm³/mol. The molecule has 1 fully saturated rings. The Bertz CT molecular complexity index is 403. The van der Waals surface area contributed by atoms with Gasteiger partial charge in [-0.05, 0) is 43.2 Å². The number of carbonyl (C=O) groups excluding carboxylic acids is 1. The molecular weight excluding hydrogens is 246 g/mol. The SMILES string of the molecule is CSc1cccc(NC(=O)CC2CCOCC2)c1. The van der Waals surface area contributed by atoms with Gasteiger partial charge in [0, 0.05) is 30.2 Å². The zero-order valence-electron chi connectivity index (χ0n) is 10.6. The lowest BCUT2D eigenvalue weighted by atomic mass is 9.96. The molecule has 1 aliphatic rings. The Balaban J connectivity index is 1.85. The van der Waals surface area contributed by atoms with Crippen molar-refractivity contribution in [2.45, 2.75) is 24.2 Å². The Kier molecular flexibility index (Phi) is 5.08. The molecule has 1 amide bonds. The van der Waals surface area contributed by atoms with E-state index in [1.165, 1.54) is 4.90 Å². The van der Waals surface area contributed by atoms with Crippen molar-refractivity contribution in [3.63, 3.8) is 0 Å². The summed E-state index contributed by atoms with van der Waals surface area (Å²) in [4.78, 5) is 13.1. The average Bonchev–Trinajstić information content (AvgIpc) is 2.40. The first-order chi connectivity index (χ1) is 8.78. The van der Waals surface area contributed by atoms with Gasteiger partial charge in [-0.1, -0.05) is 6.07 Å². The summed E-state index contributed by atoms with van der Waals surface area (Å²) in [7, 11) is 0. The number of carbonyl (C=O) groups is 1. The molecule has 0 aromatic heterocycles. The second-order valence-electron chi connectivity index (χ2n) is 4.54. The largest absolute Gasteiger partial charge is 0.381 e. The average molecular weight is 265 g/mol. The molecule has 4 heteroatoms. The predicted octanol–water partition coefficient (Wildman–Crippen LogP) is 3.16. The third-order valence-electron chi connectivity index (χ3n) is 3.17. The van der Waals surface area contributed by atoms with Crippen LogP contribution < -0.4 is 5.32 Å². The Labute approximate surface area is 112 Å². The third-order valence-corrected chi connectivity index (χ3v) is 3.89. The summed E-state index contributed by atoms with van der Waals surface area (Å²) in [5, 5.41) is 2.97. The number of thioether (sulfide) groups is 1. The van der Waals surface area contributed by atoms with Gasteiger partial charge in [-0.15, -0.1) is 11.8 Å². The lowest BCUT2D eigenvalue weighted by Gasteiger charge is -2.21. The van der Waals surface area contributed by atoms with Crippen LogP contribution in [0.2, 0.25) is 0 Å². The molecule has 98 valence electrons. The summed E-state index contributed by atoms with van der Waals surface area (Å²) < 4.78 is 5.30. The number of hydrogen-bond donors (Lipinski definition) is 1. The minimum Gasteiger partial charge on any atom is -0.381 e. The first kappa shape index (κ1) is 13.4. The summed E-state index contributed by atoms with van der Waals surface area (Å²) in [5.74, 6) is 0.586. The molecule has 2 rings (SSSR count). The summed E-state index contributed by atoms with van der Waals surface area (Å²) in [6.45, 7) is 1.58. The van der Waals surface area contributed by atoms with Crippen LogP contribution in [-0.2, 0) is 9.53 Å². The first-order valence-corrected chi connectivity index (χ1v) is 7.52. The van der Waals surface area contributed by atoms with Gasteiger partial charge in [0.2, 0.25) is 5.91 Å². The Morgan fingerprint density at radius 1 is 1.44 bits per heavy atom. The van der Waals surface area contributed by atoms with E-state index in [1.807, 2.05) is 30.5 Å². The fourth-order valence-electron chi connectivity index (χ4n) is 2.13. The Morgan fingerprint density at radius 2 is 2.22 bits per heavy atom. The minimum absolute atomic E-state index is 0.111. The molecule has 1 N–H and O–H groups in total. The molecule has 18 heavy (non-hydrogen) atoms. The summed E-state index contributed by atoms with van der Waals surface area (Å²) in [6.07, 6.45) is 4.63. The van der Waals surface area contributed by atoms with Crippen LogP contribution in [0.4, 0.5) is 5.69 Å². The van der Waals surface area contributed by atoms with E-state index in [4.69, 9.17) is 4.74 Å². The van der Waals surface area contributed by atoms with Crippen molar-refractivity contribution in [2.24, 2.45) is 5.92 Å². The number of ether oxygens (including phenoxy) is 1. The van der Waals surface area contributed by atoms with Gasteiger partial charge >= 0.3 is 0 Å². The minimum atomic E-state index is 0.111. The molecule has 1 heterocycles. The molecule has 3 nitrogen and oxygen atoms in total. The fourth-order valence-corrected chi connectivity index (χ4v) is 2.59. The van der Waals surface area contributed by atoms with Crippen molar-refractivity contribution in [3.8, 4) is 0 Å². The van der Waals surface area contributed by atoms with Crippen LogP contribution in [0.3, 0.4) is 0 Å². The maximum atomic E-state index is 11.9. The lowest BCUT2D eigenvalue weighted by molar-refractivity contribution is -0.117. The highest BCUT2D eigenvalue weighted by molar-refractivity contribution is 7.98. The van der Waals surface area contributed by atoms with Gasteiger partial charge in [0.1, 0.15) is 0 Å². The Morgan fingerprint density at radius 3 is 2.94 bits per heavy atom. The van der Waals surface area contributed by atoms with E-state index in [1.54, 1.807) is 11.8 Å². The van der Waals surface area contributed by atoms with Crippen LogP contribution in [0.1, 0.15) is 19.3 Å². The zero-order chi connectivity index (χ0) is 12.8. The molecule has 1 aromatic rings. The quantitative estimate of drug-likeness (QED) is 0.850. The Hall–Kier alpha value is -1.00. The van der Waals surface area contributed by atoms with Crippen LogP contribution in [0, 0.1) is 5.92 Å². The molecule has 0 spiro atoms. The van der Waals surface area contributed by atoms with Crippen LogP contribution in [0.5, 0.6) is 0 Å². The van der Waals surface area contributed by atoms with Crippen LogP contribution in [-0.4, -0.2) is 25.4 Å². The normalized spacial score (nSPS) is 16.5. The molecule has 0 bridgehead atoms. The second-order valence-corrected chi connectivity index (χ2v) is 5.42. The van der Waals surface area contributed by atoms with Gasteiger partial charge in [0.15, 0.2) is 0 Å². The van der Waals surface area contributed by atoms with E-state index >= 15 is 0 Å². The number of amides is 1. The van der Waals surface area contributed by atoms with Crippen molar-refractivity contribution in [1.29, 1.82) is 0 Å². The number of nitrogens with one attached hydrogen (secondary N) is 1. The highest BCUT2D eigenvalue weighted by atomic mass is 32.2. The molecule has 0 aliphatic carbocycles. The van der Waals surface area contributed by atoms with Crippen LogP contribution in [0.15, 0.2) is 29.2 Å². The van der Waals surface area contributed by atoms with Crippen molar-refractivity contribution in [2.75, 3.05) is 24.8 Å². The van der Waals surface area contributed by atoms with Gasteiger partial charge in [-0.3, -0.25) is 4.79 Å². The van der Waals surface area contributed by atoms with E-state index in [-0.39, 0.29) is 5.91 Å². The molecule has 1 aliphatic heterocycles. The van der Waals surface area contributed by atoms with Crippen molar-refractivity contribution in [3.05, 3.63) is 24.3 Å². The van der Waals surface area contributed by atoms with Gasteiger partial charge in [0.05, 0.1) is 0 Å². The molecule has 1 saturated heterocycles. The molecular formula is C14H19NO2S. The maximum Gasteiger partial charge on any atom is 0.224 e. The second kappa shape index (κ2) is 6.81. The smallest absolute Gasteiger partial charge is 0.224 e. The van der Waals surface area contributed by atoms with E-state index < -0.39 is 0 Å². The van der Waals surface area contributed by atoms with E-state index in [2.05, 4.69) is 5.32 Å². The zero-order valence-corrected chi connectivity index (χ0v) is 11.5. The molecule has 1 aromatic carbocycles. The van der Waals surface area contributed by atoms with E-state index in [0.29, 0.717) is 12.3 Å².